The van der Waals surface area contributed by atoms with Crippen LogP contribution in [-0.2, 0) is 30.2 Å². The second-order valence-electron chi connectivity index (χ2n) is 6.26. The van der Waals surface area contributed by atoms with Crippen LogP contribution in [0.1, 0.15) is 89.6 Å². The summed E-state index contributed by atoms with van der Waals surface area (Å²) in [5.74, 6) is -0.721. The van der Waals surface area contributed by atoms with Crippen LogP contribution < -0.4 is 0 Å². The van der Waals surface area contributed by atoms with Crippen LogP contribution in [0.3, 0.4) is 0 Å². The number of ether oxygens (including phenoxy) is 3. The predicted molar refractivity (Wildman–Crippen MR) is 116 cm³/mol. The predicted octanol–water partition coefficient (Wildman–Crippen LogP) is 4.92. The number of aromatic amines is 1. The first-order valence-electron chi connectivity index (χ1n) is 10.2. The maximum atomic E-state index is 12.1. The van der Waals surface area contributed by atoms with Gasteiger partial charge in [0.2, 0.25) is 0 Å². The lowest BCUT2D eigenvalue weighted by Crippen LogP contribution is -2.24. The highest BCUT2D eigenvalue weighted by Crippen LogP contribution is 2.21. The van der Waals surface area contributed by atoms with E-state index in [4.69, 9.17) is 9.47 Å². The highest BCUT2D eigenvalue weighted by atomic mass is 16.6. The van der Waals surface area contributed by atoms with Crippen molar-refractivity contribution < 1.29 is 28.6 Å². The standard InChI is InChI=1S/C15H23NO4.C3H6O2.2C2H6/c1-7-19-12(17)8-11-9(2)10(3)13(16-11)14(18)20-15(4,5)6;1-2-5-3-4;2*1-2/h16H,7-8H2,1-6H3;3H,2H2,1H3;2*1-2H3. The fraction of sp³-hybridized carbons (Fsp3) is 0.682. The smallest absolute Gasteiger partial charge is 0.355 e. The summed E-state index contributed by atoms with van der Waals surface area (Å²) in [5, 5.41) is 0. The van der Waals surface area contributed by atoms with Gasteiger partial charge in [0.05, 0.1) is 19.6 Å². The van der Waals surface area contributed by atoms with Crippen molar-refractivity contribution in [2.75, 3.05) is 13.2 Å². The average Bonchev–Trinajstić information content (AvgIpc) is 2.94. The second kappa shape index (κ2) is 17.8. The molecule has 0 saturated carbocycles. The molecule has 29 heavy (non-hydrogen) atoms. The minimum absolute atomic E-state index is 0.128. The largest absolute Gasteiger partial charge is 0.468 e. The van der Waals surface area contributed by atoms with Crippen LogP contribution in [0.2, 0.25) is 0 Å². The van der Waals surface area contributed by atoms with Gasteiger partial charge in [-0.3, -0.25) is 9.59 Å². The summed E-state index contributed by atoms with van der Waals surface area (Å²) in [5.41, 5.74) is 2.24. The van der Waals surface area contributed by atoms with Crippen LogP contribution in [0.5, 0.6) is 0 Å². The Labute approximate surface area is 176 Å². The molecule has 0 aliphatic carbocycles. The van der Waals surface area contributed by atoms with Gasteiger partial charge in [-0.05, 0) is 59.6 Å². The Hall–Kier alpha value is -2.31. The summed E-state index contributed by atoms with van der Waals surface area (Å²) in [6.45, 7) is 21.9. The summed E-state index contributed by atoms with van der Waals surface area (Å²) in [6.07, 6.45) is 0.128. The van der Waals surface area contributed by atoms with E-state index in [0.717, 1.165) is 11.1 Å². The van der Waals surface area contributed by atoms with Crippen molar-refractivity contribution in [1.29, 1.82) is 0 Å². The van der Waals surface area contributed by atoms with Gasteiger partial charge in [0.15, 0.2) is 0 Å². The van der Waals surface area contributed by atoms with Gasteiger partial charge in [0, 0.05) is 5.69 Å². The monoisotopic (exact) mass is 415 g/mol. The molecule has 7 heteroatoms. The Kier molecular flexibility index (Phi) is 19.2. The molecule has 1 aromatic rings. The van der Waals surface area contributed by atoms with Gasteiger partial charge in [-0.2, -0.15) is 0 Å². The van der Waals surface area contributed by atoms with E-state index in [2.05, 4.69) is 9.72 Å². The minimum Gasteiger partial charge on any atom is -0.468 e. The van der Waals surface area contributed by atoms with E-state index in [1.807, 2.05) is 62.3 Å². The molecule has 170 valence electrons. The fourth-order valence-electron chi connectivity index (χ4n) is 1.89. The van der Waals surface area contributed by atoms with E-state index in [-0.39, 0.29) is 12.4 Å². The van der Waals surface area contributed by atoms with Crippen LogP contribution in [0.4, 0.5) is 0 Å². The van der Waals surface area contributed by atoms with Crippen LogP contribution in [0, 0.1) is 13.8 Å². The quantitative estimate of drug-likeness (QED) is 0.402. The van der Waals surface area contributed by atoms with E-state index in [0.29, 0.717) is 31.1 Å². The zero-order valence-electron chi connectivity index (χ0n) is 20.1. The molecule has 0 atom stereocenters. The highest BCUT2D eigenvalue weighted by Gasteiger charge is 2.23. The summed E-state index contributed by atoms with van der Waals surface area (Å²) >= 11 is 0. The van der Waals surface area contributed by atoms with Gasteiger partial charge in [-0.15, -0.1) is 0 Å². The fourth-order valence-corrected chi connectivity index (χ4v) is 1.89. The van der Waals surface area contributed by atoms with E-state index in [9.17, 15) is 14.4 Å². The molecule has 1 N–H and O–H groups in total. The Bertz CT molecular complexity index is 585. The maximum absolute atomic E-state index is 12.1. The van der Waals surface area contributed by atoms with E-state index in [1.54, 1.807) is 13.8 Å². The SMILES string of the molecule is CC.CC.CCOC(=O)Cc1[nH]c(C(=O)OC(C)(C)C)c(C)c1C.CCOC=O. The van der Waals surface area contributed by atoms with Gasteiger partial charge in [-0.1, -0.05) is 27.7 Å². The Morgan fingerprint density at radius 3 is 1.83 bits per heavy atom. The van der Waals surface area contributed by atoms with E-state index >= 15 is 0 Å². The number of H-pyrrole nitrogens is 1. The topological polar surface area (TPSA) is 94.7 Å². The van der Waals surface area contributed by atoms with Crippen LogP contribution in [-0.4, -0.2) is 42.2 Å². The number of hydrogen-bond acceptors (Lipinski definition) is 6. The van der Waals surface area contributed by atoms with Crippen molar-refractivity contribution in [3.8, 4) is 0 Å². The Morgan fingerprint density at radius 2 is 1.48 bits per heavy atom. The second-order valence-corrected chi connectivity index (χ2v) is 6.26. The van der Waals surface area contributed by atoms with Crippen LogP contribution >= 0.6 is 0 Å². The molecule has 0 aliphatic rings. The molecule has 0 unspecified atom stereocenters. The number of carbonyl (C=O) groups excluding carboxylic acids is 3. The molecular formula is C22H41NO6. The van der Waals surface area contributed by atoms with Crippen molar-refractivity contribution in [3.63, 3.8) is 0 Å². The van der Waals surface area contributed by atoms with Crippen molar-refractivity contribution in [2.24, 2.45) is 0 Å². The molecule has 0 saturated heterocycles. The number of aromatic nitrogens is 1. The van der Waals surface area contributed by atoms with Crippen molar-refractivity contribution in [3.05, 3.63) is 22.5 Å². The molecule has 1 heterocycles. The molecule has 1 rings (SSSR count). The molecule has 1 aromatic heterocycles. The molecular weight excluding hydrogens is 374 g/mol. The Balaban J connectivity index is -0.000000640. The molecule has 0 aromatic carbocycles. The van der Waals surface area contributed by atoms with Gasteiger partial charge < -0.3 is 19.2 Å². The zero-order chi connectivity index (χ0) is 23.6. The number of hydrogen-bond donors (Lipinski definition) is 1. The lowest BCUT2D eigenvalue weighted by atomic mass is 10.1. The van der Waals surface area contributed by atoms with Crippen LogP contribution in [0.15, 0.2) is 0 Å². The number of carbonyl (C=O) groups is 3. The Morgan fingerprint density at radius 1 is 0.966 bits per heavy atom. The summed E-state index contributed by atoms with van der Waals surface area (Å²) in [6, 6.07) is 0. The third-order valence-corrected chi connectivity index (χ3v) is 3.13. The molecule has 0 radical (unpaired) electrons. The van der Waals surface area contributed by atoms with E-state index < -0.39 is 11.6 Å². The summed E-state index contributed by atoms with van der Waals surface area (Å²) in [4.78, 5) is 35.8. The lowest BCUT2D eigenvalue weighted by Gasteiger charge is -2.19. The first kappa shape index (κ1) is 31.4. The zero-order valence-corrected chi connectivity index (χ0v) is 20.1. The normalized spacial score (nSPS) is 9.34. The van der Waals surface area contributed by atoms with Gasteiger partial charge in [0.25, 0.3) is 6.47 Å². The van der Waals surface area contributed by atoms with Gasteiger partial charge in [-0.25, -0.2) is 4.79 Å². The number of nitrogens with one attached hydrogen (secondary N) is 1. The lowest BCUT2D eigenvalue weighted by molar-refractivity contribution is -0.142. The van der Waals surface area contributed by atoms with Crippen molar-refractivity contribution in [2.45, 2.75) is 88.2 Å². The third-order valence-electron chi connectivity index (χ3n) is 3.13. The van der Waals surface area contributed by atoms with Crippen molar-refractivity contribution in [1.82, 2.24) is 4.98 Å². The minimum atomic E-state index is -0.552. The molecule has 0 amide bonds. The van der Waals surface area contributed by atoms with Gasteiger partial charge >= 0.3 is 11.9 Å². The summed E-state index contributed by atoms with van der Waals surface area (Å²) < 4.78 is 14.4. The number of esters is 2. The molecule has 0 spiro atoms. The highest BCUT2D eigenvalue weighted by molar-refractivity contribution is 5.90. The first-order chi connectivity index (χ1) is 13.6. The molecule has 0 aliphatic heterocycles. The summed E-state index contributed by atoms with van der Waals surface area (Å²) in [7, 11) is 0. The molecule has 7 nitrogen and oxygen atoms in total. The first-order valence-corrected chi connectivity index (χ1v) is 10.2. The van der Waals surface area contributed by atoms with Crippen LogP contribution in [0.25, 0.3) is 0 Å². The third kappa shape index (κ3) is 14.4. The molecule has 0 fully saturated rings. The van der Waals surface area contributed by atoms with Gasteiger partial charge in [0.1, 0.15) is 11.3 Å². The molecule has 0 bridgehead atoms. The maximum Gasteiger partial charge on any atom is 0.355 e. The van der Waals surface area contributed by atoms with Crippen molar-refractivity contribution >= 4 is 18.4 Å². The number of rotatable bonds is 6. The van der Waals surface area contributed by atoms with E-state index in [1.165, 1.54) is 0 Å². The average molecular weight is 416 g/mol.